The molecule has 94 valence electrons. The van der Waals surface area contributed by atoms with Gasteiger partial charge in [0.05, 0.1) is 0 Å². The van der Waals surface area contributed by atoms with Crippen molar-refractivity contribution in [3.63, 3.8) is 0 Å². The smallest absolute Gasteiger partial charge is 0.217 e. The molecule has 0 aliphatic rings. The third kappa shape index (κ3) is 4.48. The second-order valence-corrected chi connectivity index (χ2v) is 3.91. The number of halogens is 2. The average Bonchev–Trinajstić information content (AvgIpc) is 2.23. The molecule has 0 saturated heterocycles. The highest BCUT2D eigenvalue weighted by molar-refractivity contribution is 5.73. The zero-order valence-electron chi connectivity index (χ0n) is 9.67. The van der Waals surface area contributed by atoms with Crippen molar-refractivity contribution in [1.82, 2.24) is 5.32 Å². The number of nitrogens with one attached hydrogen (secondary N) is 1. The molecule has 0 spiro atoms. The number of hydrogen-bond donors (Lipinski definition) is 2. The predicted molar refractivity (Wildman–Crippen MR) is 61.2 cm³/mol. The Morgan fingerprint density at radius 1 is 1.47 bits per heavy atom. The number of nitrogens with two attached hydrogens (primary N) is 1. The standard InChI is InChI=1S/C12H16F2N2O/c1-8(16-6-2-3-12(15)17)10-5-4-9(13)7-11(10)14/h4-5,7-8,16H,2-3,6H2,1H3,(H2,15,17). The van der Waals surface area contributed by atoms with Gasteiger partial charge in [-0.25, -0.2) is 8.78 Å². The first-order valence-electron chi connectivity index (χ1n) is 5.47. The number of amides is 1. The highest BCUT2D eigenvalue weighted by Crippen LogP contribution is 2.17. The summed E-state index contributed by atoms with van der Waals surface area (Å²) in [6.45, 7) is 2.33. The first-order chi connectivity index (χ1) is 8.00. The SMILES string of the molecule is CC(NCCCC(N)=O)c1ccc(F)cc1F. The maximum atomic E-state index is 13.4. The Hall–Kier alpha value is -1.49. The van der Waals surface area contributed by atoms with Gasteiger partial charge in [-0.3, -0.25) is 4.79 Å². The second-order valence-electron chi connectivity index (χ2n) is 3.91. The van der Waals surface area contributed by atoms with Crippen LogP contribution in [0.3, 0.4) is 0 Å². The van der Waals surface area contributed by atoms with Crippen LogP contribution in [-0.4, -0.2) is 12.5 Å². The molecule has 1 amide bonds. The topological polar surface area (TPSA) is 55.1 Å². The van der Waals surface area contributed by atoms with Crippen molar-refractivity contribution < 1.29 is 13.6 Å². The summed E-state index contributed by atoms with van der Waals surface area (Å²) in [6, 6.07) is 3.26. The van der Waals surface area contributed by atoms with Crippen molar-refractivity contribution in [2.45, 2.75) is 25.8 Å². The molecule has 0 aromatic heterocycles. The molecule has 1 aromatic carbocycles. The van der Waals surface area contributed by atoms with Crippen LogP contribution >= 0.6 is 0 Å². The van der Waals surface area contributed by atoms with Crippen LogP contribution in [0.5, 0.6) is 0 Å². The Labute approximate surface area is 99.0 Å². The van der Waals surface area contributed by atoms with E-state index in [1.165, 1.54) is 12.1 Å². The van der Waals surface area contributed by atoms with E-state index in [9.17, 15) is 13.6 Å². The molecule has 0 fully saturated rings. The lowest BCUT2D eigenvalue weighted by Gasteiger charge is -2.14. The van der Waals surface area contributed by atoms with Crippen LogP contribution < -0.4 is 11.1 Å². The average molecular weight is 242 g/mol. The molecule has 5 heteroatoms. The lowest BCUT2D eigenvalue weighted by atomic mass is 10.1. The molecule has 0 aliphatic carbocycles. The first kappa shape index (κ1) is 13.6. The van der Waals surface area contributed by atoms with Gasteiger partial charge in [-0.1, -0.05) is 6.07 Å². The van der Waals surface area contributed by atoms with E-state index in [0.29, 0.717) is 24.9 Å². The normalized spacial score (nSPS) is 12.4. The fourth-order valence-electron chi connectivity index (χ4n) is 1.54. The molecule has 0 radical (unpaired) electrons. The van der Waals surface area contributed by atoms with Crippen LogP contribution in [0.1, 0.15) is 31.4 Å². The van der Waals surface area contributed by atoms with Crippen LogP contribution in [0.4, 0.5) is 8.78 Å². The number of hydrogen-bond acceptors (Lipinski definition) is 2. The number of carbonyl (C=O) groups excluding carboxylic acids is 1. The molecule has 0 bridgehead atoms. The minimum atomic E-state index is -0.591. The number of carbonyl (C=O) groups is 1. The zero-order chi connectivity index (χ0) is 12.8. The largest absolute Gasteiger partial charge is 0.370 e. The third-order valence-electron chi connectivity index (χ3n) is 2.48. The van der Waals surface area contributed by atoms with Gasteiger partial charge in [-0.2, -0.15) is 0 Å². The Balaban J connectivity index is 2.46. The fraction of sp³-hybridized carbons (Fsp3) is 0.417. The van der Waals surface area contributed by atoms with Gasteiger partial charge in [0.2, 0.25) is 5.91 Å². The van der Waals surface area contributed by atoms with Gasteiger partial charge >= 0.3 is 0 Å². The summed E-state index contributed by atoms with van der Waals surface area (Å²) < 4.78 is 26.1. The monoisotopic (exact) mass is 242 g/mol. The molecule has 0 aliphatic heterocycles. The predicted octanol–water partition coefficient (Wildman–Crippen LogP) is 1.88. The number of primary amides is 1. The molecular formula is C12H16F2N2O. The molecule has 0 saturated carbocycles. The van der Waals surface area contributed by atoms with Crippen LogP contribution in [0.15, 0.2) is 18.2 Å². The number of rotatable bonds is 6. The lowest BCUT2D eigenvalue weighted by molar-refractivity contribution is -0.118. The summed E-state index contributed by atoms with van der Waals surface area (Å²) in [6.07, 6.45) is 0.897. The lowest BCUT2D eigenvalue weighted by Crippen LogP contribution is -2.22. The minimum Gasteiger partial charge on any atom is -0.370 e. The van der Waals surface area contributed by atoms with E-state index in [0.717, 1.165) is 6.07 Å². The van der Waals surface area contributed by atoms with Gasteiger partial charge in [0.1, 0.15) is 11.6 Å². The summed E-state index contributed by atoms with van der Waals surface area (Å²) in [5, 5.41) is 3.04. The van der Waals surface area contributed by atoms with E-state index in [2.05, 4.69) is 5.32 Å². The van der Waals surface area contributed by atoms with E-state index in [1.54, 1.807) is 6.92 Å². The van der Waals surface area contributed by atoms with Crippen LogP contribution in [-0.2, 0) is 4.79 Å². The Kier molecular flexibility index (Phi) is 5.03. The highest BCUT2D eigenvalue weighted by atomic mass is 19.1. The van der Waals surface area contributed by atoms with Crippen LogP contribution in [0.2, 0.25) is 0 Å². The quantitative estimate of drug-likeness (QED) is 0.748. The molecule has 1 aromatic rings. The van der Waals surface area contributed by atoms with Gasteiger partial charge in [0.25, 0.3) is 0 Å². The molecule has 1 rings (SSSR count). The van der Waals surface area contributed by atoms with Gasteiger partial charge in [-0.05, 0) is 26.0 Å². The third-order valence-corrected chi connectivity index (χ3v) is 2.48. The first-order valence-corrected chi connectivity index (χ1v) is 5.47. The molecule has 1 unspecified atom stereocenters. The van der Waals surface area contributed by atoms with Crippen molar-refractivity contribution >= 4 is 5.91 Å². The van der Waals surface area contributed by atoms with E-state index < -0.39 is 11.6 Å². The molecule has 3 nitrogen and oxygen atoms in total. The summed E-state index contributed by atoms with van der Waals surface area (Å²) in [5.74, 6) is -1.51. The molecular weight excluding hydrogens is 226 g/mol. The second kappa shape index (κ2) is 6.30. The summed E-state index contributed by atoms with van der Waals surface area (Å²) >= 11 is 0. The van der Waals surface area contributed by atoms with E-state index in [4.69, 9.17) is 5.73 Å². The van der Waals surface area contributed by atoms with E-state index in [1.807, 2.05) is 0 Å². The maximum absolute atomic E-state index is 13.4. The van der Waals surface area contributed by atoms with Crippen LogP contribution in [0.25, 0.3) is 0 Å². The van der Waals surface area contributed by atoms with Crippen molar-refractivity contribution in [3.8, 4) is 0 Å². The molecule has 0 heterocycles. The van der Waals surface area contributed by atoms with Gasteiger partial charge < -0.3 is 11.1 Å². The summed E-state index contributed by atoms with van der Waals surface area (Å²) in [7, 11) is 0. The maximum Gasteiger partial charge on any atom is 0.217 e. The van der Waals surface area contributed by atoms with Gasteiger partial charge in [0, 0.05) is 24.1 Å². The zero-order valence-corrected chi connectivity index (χ0v) is 9.67. The highest BCUT2D eigenvalue weighted by Gasteiger charge is 2.10. The molecule has 1 atom stereocenters. The molecule has 3 N–H and O–H groups in total. The molecule has 17 heavy (non-hydrogen) atoms. The fourth-order valence-corrected chi connectivity index (χ4v) is 1.54. The van der Waals surface area contributed by atoms with E-state index in [-0.39, 0.29) is 11.9 Å². The summed E-state index contributed by atoms with van der Waals surface area (Å²) in [5.41, 5.74) is 5.40. The Morgan fingerprint density at radius 2 is 2.18 bits per heavy atom. The number of benzene rings is 1. The summed E-state index contributed by atoms with van der Waals surface area (Å²) in [4.78, 5) is 10.5. The van der Waals surface area contributed by atoms with Crippen molar-refractivity contribution in [3.05, 3.63) is 35.4 Å². The Morgan fingerprint density at radius 3 is 2.76 bits per heavy atom. The van der Waals surface area contributed by atoms with Gasteiger partial charge in [0.15, 0.2) is 0 Å². The Bertz CT molecular complexity index is 396. The van der Waals surface area contributed by atoms with Crippen molar-refractivity contribution in [1.29, 1.82) is 0 Å². The van der Waals surface area contributed by atoms with Crippen LogP contribution in [0, 0.1) is 11.6 Å². The van der Waals surface area contributed by atoms with Crippen molar-refractivity contribution in [2.75, 3.05) is 6.54 Å². The van der Waals surface area contributed by atoms with Crippen molar-refractivity contribution in [2.24, 2.45) is 5.73 Å². The minimum absolute atomic E-state index is 0.233. The van der Waals surface area contributed by atoms with Gasteiger partial charge in [-0.15, -0.1) is 0 Å². The van der Waals surface area contributed by atoms with E-state index >= 15 is 0 Å².